The van der Waals surface area contributed by atoms with Gasteiger partial charge in [-0.3, -0.25) is 4.79 Å². The fraction of sp³-hybridized carbons (Fsp3) is 0.333. The smallest absolute Gasteiger partial charge is 0.341 e. The number of rotatable bonds is 3. The second-order valence-electron chi connectivity index (χ2n) is 5.22. The maximum atomic E-state index is 14.0. The molecule has 5 nitrogen and oxygen atoms in total. The minimum absolute atomic E-state index is 0.0821. The number of fused-ring (bicyclic) bond motifs is 1. The summed E-state index contributed by atoms with van der Waals surface area (Å²) in [5.74, 6) is -1.64. The third kappa shape index (κ3) is 1.98. The number of aryl methyl sites for hydroxylation is 1. The second-order valence-corrected chi connectivity index (χ2v) is 5.22. The standard InChI is InChI=1S/C15H14FNO4/c1-7-10(16)5-11(21-2)13-12(7)14(18)9(15(19)20)6-17(13)8-3-4-8/h5-6,8H,3-4H2,1-2H3,(H,19,20). The number of carboxylic acids is 1. The predicted octanol–water partition coefficient (Wildman–Crippen LogP) is 2.49. The molecule has 0 bridgehead atoms. The molecule has 1 aliphatic rings. The number of carboxylic acid groups (broad SMARTS) is 1. The number of aromatic carboxylic acids is 1. The number of carbonyl (C=O) groups is 1. The van der Waals surface area contributed by atoms with Crippen LogP contribution in [-0.4, -0.2) is 22.8 Å². The van der Waals surface area contributed by atoms with Crippen molar-refractivity contribution < 1.29 is 19.0 Å². The van der Waals surface area contributed by atoms with Gasteiger partial charge in [0.1, 0.15) is 17.1 Å². The minimum Gasteiger partial charge on any atom is -0.494 e. The number of hydrogen-bond acceptors (Lipinski definition) is 3. The van der Waals surface area contributed by atoms with Crippen LogP contribution >= 0.6 is 0 Å². The van der Waals surface area contributed by atoms with Crippen molar-refractivity contribution in [3.8, 4) is 5.75 Å². The highest BCUT2D eigenvalue weighted by Gasteiger charge is 2.29. The van der Waals surface area contributed by atoms with Crippen molar-refractivity contribution in [2.75, 3.05) is 7.11 Å². The van der Waals surface area contributed by atoms with E-state index in [-0.39, 0.29) is 28.3 Å². The SMILES string of the molecule is COc1cc(F)c(C)c2c(=O)c(C(=O)O)cn(C3CC3)c12. The first-order chi connectivity index (χ1) is 9.95. The fourth-order valence-electron chi connectivity index (χ4n) is 2.59. The molecule has 110 valence electrons. The molecule has 3 rings (SSSR count). The Kier molecular flexibility index (Phi) is 2.97. The monoisotopic (exact) mass is 291 g/mol. The number of methoxy groups -OCH3 is 1. The van der Waals surface area contributed by atoms with Crippen LogP contribution in [0.4, 0.5) is 4.39 Å². The van der Waals surface area contributed by atoms with Crippen molar-refractivity contribution in [1.82, 2.24) is 4.57 Å². The Morgan fingerprint density at radius 1 is 1.48 bits per heavy atom. The van der Waals surface area contributed by atoms with E-state index in [1.807, 2.05) is 0 Å². The molecule has 2 aromatic rings. The van der Waals surface area contributed by atoms with E-state index in [9.17, 15) is 19.1 Å². The number of pyridine rings is 1. The molecule has 1 fully saturated rings. The topological polar surface area (TPSA) is 68.5 Å². The van der Waals surface area contributed by atoms with Crippen LogP contribution in [0.3, 0.4) is 0 Å². The molecular weight excluding hydrogens is 277 g/mol. The molecule has 1 saturated carbocycles. The Bertz CT molecular complexity index is 821. The highest BCUT2D eigenvalue weighted by molar-refractivity contribution is 5.95. The van der Waals surface area contributed by atoms with Gasteiger partial charge in [-0.1, -0.05) is 0 Å². The maximum absolute atomic E-state index is 14.0. The van der Waals surface area contributed by atoms with E-state index < -0.39 is 17.2 Å². The molecule has 1 N–H and O–H groups in total. The van der Waals surface area contributed by atoms with E-state index >= 15 is 0 Å². The number of ether oxygens (including phenoxy) is 1. The van der Waals surface area contributed by atoms with Crippen molar-refractivity contribution in [3.05, 3.63) is 39.4 Å². The summed E-state index contributed by atoms with van der Waals surface area (Å²) >= 11 is 0. The molecule has 0 spiro atoms. The highest BCUT2D eigenvalue weighted by Crippen LogP contribution is 2.40. The quantitative estimate of drug-likeness (QED) is 0.943. The summed E-state index contributed by atoms with van der Waals surface area (Å²) in [6.07, 6.45) is 3.14. The number of halogens is 1. The molecule has 1 aromatic carbocycles. The summed E-state index contributed by atoms with van der Waals surface area (Å²) in [7, 11) is 1.40. The number of hydrogen-bond donors (Lipinski definition) is 1. The van der Waals surface area contributed by atoms with E-state index in [4.69, 9.17) is 4.74 Å². The summed E-state index contributed by atoms with van der Waals surface area (Å²) in [6.45, 7) is 1.47. The van der Waals surface area contributed by atoms with E-state index in [0.29, 0.717) is 5.52 Å². The van der Waals surface area contributed by atoms with Gasteiger partial charge in [0.15, 0.2) is 0 Å². The fourth-order valence-corrected chi connectivity index (χ4v) is 2.59. The van der Waals surface area contributed by atoms with Crippen molar-refractivity contribution >= 4 is 16.9 Å². The van der Waals surface area contributed by atoms with Gasteiger partial charge in [-0.05, 0) is 25.3 Å². The van der Waals surface area contributed by atoms with Crippen LogP contribution in [0.25, 0.3) is 10.9 Å². The van der Waals surface area contributed by atoms with Gasteiger partial charge in [0, 0.05) is 18.3 Å². The van der Waals surface area contributed by atoms with Gasteiger partial charge in [0.2, 0.25) is 5.43 Å². The Morgan fingerprint density at radius 3 is 2.67 bits per heavy atom. The van der Waals surface area contributed by atoms with Gasteiger partial charge in [0.05, 0.1) is 18.0 Å². The summed E-state index contributed by atoms with van der Waals surface area (Å²) in [5, 5.41) is 9.28. The highest BCUT2D eigenvalue weighted by atomic mass is 19.1. The lowest BCUT2D eigenvalue weighted by atomic mass is 10.0. The zero-order valence-corrected chi connectivity index (χ0v) is 11.6. The zero-order valence-electron chi connectivity index (χ0n) is 11.6. The largest absolute Gasteiger partial charge is 0.494 e. The Morgan fingerprint density at radius 2 is 2.14 bits per heavy atom. The van der Waals surface area contributed by atoms with Crippen molar-refractivity contribution in [1.29, 1.82) is 0 Å². The van der Waals surface area contributed by atoms with Crippen LogP contribution in [0.1, 0.15) is 34.8 Å². The van der Waals surface area contributed by atoms with Crippen LogP contribution in [0.5, 0.6) is 5.75 Å². The number of benzene rings is 1. The summed E-state index contributed by atoms with van der Waals surface area (Å²) < 4.78 is 20.9. The van der Waals surface area contributed by atoms with Gasteiger partial charge < -0.3 is 14.4 Å². The molecule has 0 amide bonds. The van der Waals surface area contributed by atoms with E-state index in [1.165, 1.54) is 26.3 Å². The molecule has 0 aliphatic heterocycles. The van der Waals surface area contributed by atoms with Gasteiger partial charge >= 0.3 is 5.97 Å². The molecule has 0 radical (unpaired) electrons. The Labute approximate surface area is 119 Å². The average molecular weight is 291 g/mol. The average Bonchev–Trinajstić information content (AvgIpc) is 3.26. The molecule has 0 saturated heterocycles. The normalized spacial score (nSPS) is 14.4. The van der Waals surface area contributed by atoms with E-state index in [0.717, 1.165) is 12.8 Å². The van der Waals surface area contributed by atoms with Gasteiger partial charge in [0.25, 0.3) is 0 Å². The first-order valence-electron chi connectivity index (χ1n) is 6.61. The van der Waals surface area contributed by atoms with Gasteiger partial charge in [-0.2, -0.15) is 0 Å². The molecule has 1 heterocycles. The van der Waals surface area contributed by atoms with Crippen LogP contribution in [0.15, 0.2) is 17.1 Å². The zero-order chi connectivity index (χ0) is 15.3. The number of aromatic nitrogens is 1. The lowest BCUT2D eigenvalue weighted by molar-refractivity contribution is 0.0695. The van der Waals surface area contributed by atoms with Crippen molar-refractivity contribution in [2.24, 2.45) is 0 Å². The van der Waals surface area contributed by atoms with E-state index in [2.05, 4.69) is 0 Å². The molecule has 1 aromatic heterocycles. The molecule has 0 unspecified atom stereocenters. The third-order valence-electron chi connectivity index (χ3n) is 3.85. The third-order valence-corrected chi connectivity index (χ3v) is 3.85. The predicted molar refractivity (Wildman–Crippen MR) is 74.7 cm³/mol. The van der Waals surface area contributed by atoms with Crippen molar-refractivity contribution in [3.63, 3.8) is 0 Å². The van der Waals surface area contributed by atoms with Gasteiger partial charge in [-0.15, -0.1) is 0 Å². The summed E-state index contributed by atoms with van der Waals surface area (Å²) in [6, 6.07) is 1.36. The Balaban J connectivity index is 2.55. The first-order valence-corrected chi connectivity index (χ1v) is 6.61. The first kappa shape index (κ1) is 13.6. The van der Waals surface area contributed by atoms with E-state index in [1.54, 1.807) is 4.57 Å². The van der Waals surface area contributed by atoms with Crippen LogP contribution in [0, 0.1) is 12.7 Å². The second kappa shape index (κ2) is 4.58. The maximum Gasteiger partial charge on any atom is 0.341 e. The molecule has 0 atom stereocenters. The summed E-state index contributed by atoms with van der Waals surface area (Å²) in [5.41, 5.74) is -0.406. The lowest BCUT2D eigenvalue weighted by Crippen LogP contribution is -2.20. The molecule has 21 heavy (non-hydrogen) atoms. The van der Waals surface area contributed by atoms with Crippen molar-refractivity contribution in [2.45, 2.75) is 25.8 Å². The van der Waals surface area contributed by atoms with Gasteiger partial charge in [-0.25, -0.2) is 9.18 Å². The summed E-state index contributed by atoms with van der Waals surface area (Å²) in [4.78, 5) is 23.7. The number of nitrogens with zero attached hydrogens (tertiary/aromatic N) is 1. The van der Waals surface area contributed by atoms with Crippen LogP contribution in [-0.2, 0) is 0 Å². The molecular formula is C15H14FNO4. The Hall–Kier alpha value is -2.37. The van der Waals surface area contributed by atoms with Crippen LogP contribution < -0.4 is 10.2 Å². The lowest BCUT2D eigenvalue weighted by Gasteiger charge is -2.16. The minimum atomic E-state index is -1.31. The molecule has 6 heteroatoms. The van der Waals surface area contributed by atoms with Crippen LogP contribution in [0.2, 0.25) is 0 Å². The molecule has 1 aliphatic carbocycles.